The Morgan fingerprint density at radius 2 is 1.97 bits per heavy atom. The lowest BCUT2D eigenvalue weighted by Gasteiger charge is -2.24. The van der Waals surface area contributed by atoms with E-state index in [1.807, 2.05) is 62.4 Å². The fraction of sp³-hybridized carbons (Fsp3) is 0.333. The number of nitrogens with one attached hydrogen (secondary N) is 1. The molecule has 0 spiro atoms. The van der Waals surface area contributed by atoms with Crippen LogP contribution in [0.4, 0.5) is 5.69 Å². The predicted molar refractivity (Wildman–Crippen MR) is 121 cm³/mol. The molecule has 2 aromatic carbocycles. The van der Waals surface area contributed by atoms with Crippen LogP contribution in [0.5, 0.6) is 0 Å². The van der Waals surface area contributed by atoms with E-state index in [-0.39, 0.29) is 30.2 Å². The highest BCUT2D eigenvalue weighted by molar-refractivity contribution is 5.98. The minimum Gasteiger partial charge on any atom is -0.376 e. The van der Waals surface area contributed by atoms with Crippen molar-refractivity contribution in [3.8, 4) is 5.69 Å². The van der Waals surface area contributed by atoms with Gasteiger partial charge >= 0.3 is 0 Å². The number of ether oxygens (including phenoxy) is 1. The quantitative estimate of drug-likeness (QED) is 0.618. The maximum atomic E-state index is 13.3. The molecule has 1 unspecified atom stereocenters. The van der Waals surface area contributed by atoms with Crippen LogP contribution in [-0.4, -0.2) is 57.5 Å². The number of amides is 2. The third kappa shape index (κ3) is 5.03. The van der Waals surface area contributed by atoms with Gasteiger partial charge in [0.05, 0.1) is 18.0 Å². The van der Waals surface area contributed by atoms with E-state index in [2.05, 4.69) is 15.5 Å². The number of hydrogen-bond acceptors (Lipinski definition) is 5. The third-order valence-electron chi connectivity index (χ3n) is 5.65. The van der Waals surface area contributed by atoms with Crippen LogP contribution in [0.15, 0.2) is 54.7 Å². The highest BCUT2D eigenvalue weighted by Gasteiger charge is 2.27. The van der Waals surface area contributed by atoms with Crippen molar-refractivity contribution < 1.29 is 14.3 Å². The van der Waals surface area contributed by atoms with E-state index in [4.69, 9.17) is 4.74 Å². The van der Waals surface area contributed by atoms with Gasteiger partial charge in [0.25, 0.3) is 5.91 Å². The molecular weight excluding hydrogens is 406 g/mol. The first kappa shape index (κ1) is 21.7. The van der Waals surface area contributed by atoms with E-state index in [0.717, 1.165) is 35.3 Å². The van der Waals surface area contributed by atoms with E-state index in [1.165, 1.54) is 15.9 Å². The number of carbonyl (C=O) groups is 2. The first-order chi connectivity index (χ1) is 15.5. The topological polar surface area (TPSA) is 89.4 Å². The minimum atomic E-state index is -0.348. The Morgan fingerprint density at radius 3 is 2.72 bits per heavy atom. The van der Waals surface area contributed by atoms with Crippen molar-refractivity contribution >= 4 is 17.5 Å². The zero-order valence-corrected chi connectivity index (χ0v) is 18.3. The monoisotopic (exact) mass is 433 g/mol. The molecule has 1 N–H and O–H groups in total. The molecule has 1 aliphatic heterocycles. The standard InChI is InChI=1S/C24H27N5O3/c1-17-8-6-12-21(18(17)2)26-23(30)16-28(15-20-11-7-13-32-20)24(31)22-14-25-29(27-22)19-9-4-3-5-10-19/h3-6,8-10,12,14,20H,7,11,13,15-16H2,1-2H3,(H,26,30). The summed E-state index contributed by atoms with van der Waals surface area (Å²) in [5.74, 6) is -0.612. The van der Waals surface area contributed by atoms with Crippen molar-refractivity contribution in [3.05, 3.63) is 71.5 Å². The molecule has 3 aromatic rings. The highest BCUT2D eigenvalue weighted by Crippen LogP contribution is 2.19. The summed E-state index contributed by atoms with van der Waals surface area (Å²) in [6.07, 6.45) is 3.15. The molecule has 4 rings (SSSR count). The Balaban J connectivity index is 1.51. The first-order valence-electron chi connectivity index (χ1n) is 10.8. The normalized spacial score (nSPS) is 15.5. The van der Waals surface area contributed by atoms with E-state index in [9.17, 15) is 9.59 Å². The maximum absolute atomic E-state index is 13.3. The van der Waals surface area contributed by atoms with Crippen molar-refractivity contribution in [1.82, 2.24) is 19.9 Å². The Morgan fingerprint density at radius 1 is 1.16 bits per heavy atom. The number of nitrogens with zero attached hydrogens (tertiary/aromatic N) is 4. The van der Waals surface area contributed by atoms with Gasteiger partial charge < -0.3 is 15.0 Å². The fourth-order valence-corrected chi connectivity index (χ4v) is 3.71. The zero-order chi connectivity index (χ0) is 22.5. The molecule has 1 aliphatic rings. The summed E-state index contributed by atoms with van der Waals surface area (Å²) >= 11 is 0. The Hall–Kier alpha value is -3.52. The molecule has 1 fully saturated rings. The molecule has 2 amide bonds. The molecule has 1 saturated heterocycles. The summed E-state index contributed by atoms with van der Waals surface area (Å²) < 4.78 is 5.71. The number of aromatic nitrogens is 3. The highest BCUT2D eigenvalue weighted by atomic mass is 16.5. The number of carbonyl (C=O) groups excluding carboxylic acids is 2. The van der Waals surface area contributed by atoms with Gasteiger partial charge in [0.15, 0.2) is 5.69 Å². The third-order valence-corrected chi connectivity index (χ3v) is 5.65. The molecule has 0 aliphatic carbocycles. The SMILES string of the molecule is Cc1cccc(NC(=O)CN(CC2CCCO2)C(=O)c2cnn(-c3ccccc3)n2)c1C. The average Bonchev–Trinajstić information content (AvgIpc) is 3.49. The lowest BCUT2D eigenvalue weighted by molar-refractivity contribution is -0.117. The number of para-hydroxylation sites is 1. The van der Waals surface area contributed by atoms with Gasteiger partial charge in [0.2, 0.25) is 5.91 Å². The van der Waals surface area contributed by atoms with Crippen molar-refractivity contribution in [2.45, 2.75) is 32.8 Å². The summed E-state index contributed by atoms with van der Waals surface area (Å²) in [6.45, 7) is 4.86. The van der Waals surface area contributed by atoms with Gasteiger partial charge in [-0.15, -0.1) is 5.10 Å². The average molecular weight is 434 g/mol. The Labute approximate surface area is 187 Å². The number of benzene rings is 2. The molecule has 1 atom stereocenters. The van der Waals surface area contributed by atoms with Gasteiger partial charge in [-0.1, -0.05) is 30.3 Å². The van der Waals surface area contributed by atoms with E-state index in [1.54, 1.807) is 0 Å². The van der Waals surface area contributed by atoms with Gasteiger partial charge in [-0.3, -0.25) is 9.59 Å². The lowest BCUT2D eigenvalue weighted by Crippen LogP contribution is -2.42. The number of rotatable bonds is 7. The van der Waals surface area contributed by atoms with Crippen molar-refractivity contribution in [1.29, 1.82) is 0 Å². The van der Waals surface area contributed by atoms with Crippen LogP contribution < -0.4 is 5.32 Å². The maximum Gasteiger partial charge on any atom is 0.276 e. The van der Waals surface area contributed by atoms with E-state index in [0.29, 0.717) is 13.2 Å². The molecule has 166 valence electrons. The molecule has 32 heavy (non-hydrogen) atoms. The second-order valence-electron chi connectivity index (χ2n) is 7.97. The lowest BCUT2D eigenvalue weighted by atomic mass is 10.1. The summed E-state index contributed by atoms with van der Waals surface area (Å²) in [4.78, 5) is 29.0. The number of hydrogen-bond donors (Lipinski definition) is 1. The van der Waals surface area contributed by atoms with Crippen LogP contribution in [-0.2, 0) is 9.53 Å². The van der Waals surface area contributed by atoms with Crippen LogP contribution in [0, 0.1) is 13.8 Å². The van der Waals surface area contributed by atoms with Crippen molar-refractivity contribution in [2.75, 3.05) is 25.0 Å². The number of aryl methyl sites for hydroxylation is 1. The van der Waals surface area contributed by atoms with Gasteiger partial charge in [-0.05, 0) is 56.0 Å². The molecule has 0 radical (unpaired) electrons. The fourth-order valence-electron chi connectivity index (χ4n) is 3.71. The largest absolute Gasteiger partial charge is 0.376 e. The zero-order valence-electron chi connectivity index (χ0n) is 18.3. The summed E-state index contributed by atoms with van der Waals surface area (Å²) in [5, 5.41) is 11.5. The second-order valence-corrected chi connectivity index (χ2v) is 7.97. The first-order valence-corrected chi connectivity index (χ1v) is 10.8. The molecule has 1 aromatic heterocycles. The van der Waals surface area contributed by atoms with Crippen LogP contribution >= 0.6 is 0 Å². The summed E-state index contributed by atoms with van der Waals surface area (Å²) in [6, 6.07) is 15.1. The van der Waals surface area contributed by atoms with Gasteiger partial charge in [0, 0.05) is 18.8 Å². The molecule has 0 bridgehead atoms. The van der Waals surface area contributed by atoms with Crippen LogP contribution in [0.2, 0.25) is 0 Å². The van der Waals surface area contributed by atoms with Crippen molar-refractivity contribution in [2.24, 2.45) is 0 Å². The predicted octanol–water partition coefficient (Wildman–Crippen LogP) is 3.14. The molecule has 0 saturated carbocycles. The number of anilines is 1. The molecular formula is C24H27N5O3. The van der Waals surface area contributed by atoms with Crippen LogP contribution in [0.1, 0.15) is 34.5 Å². The van der Waals surface area contributed by atoms with Gasteiger partial charge in [-0.2, -0.15) is 9.90 Å². The van der Waals surface area contributed by atoms with Crippen LogP contribution in [0.3, 0.4) is 0 Å². The Bertz CT molecular complexity index is 1090. The van der Waals surface area contributed by atoms with Crippen molar-refractivity contribution in [3.63, 3.8) is 0 Å². The molecule has 8 heteroatoms. The van der Waals surface area contributed by atoms with Gasteiger partial charge in [0.1, 0.15) is 6.54 Å². The van der Waals surface area contributed by atoms with Gasteiger partial charge in [-0.25, -0.2) is 0 Å². The van der Waals surface area contributed by atoms with Crippen LogP contribution in [0.25, 0.3) is 5.69 Å². The summed E-state index contributed by atoms with van der Waals surface area (Å²) in [7, 11) is 0. The Kier molecular flexibility index (Phi) is 6.61. The second kappa shape index (κ2) is 9.74. The van der Waals surface area contributed by atoms with E-state index < -0.39 is 0 Å². The van der Waals surface area contributed by atoms with E-state index >= 15 is 0 Å². The smallest absolute Gasteiger partial charge is 0.276 e. The molecule has 2 heterocycles. The summed E-state index contributed by atoms with van der Waals surface area (Å²) in [5.41, 5.74) is 3.78. The molecule has 8 nitrogen and oxygen atoms in total. The minimum absolute atomic E-state index is 0.0865.